The number of carbonyl (C=O) groups is 1. The van der Waals surface area contributed by atoms with Gasteiger partial charge in [0.15, 0.2) is 0 Å². The first-order valence-electron chi connectivity index (χ1n) is 5.18. The predicted molar refractivity (Wildman–Crippen MR) is 55.8 cm³/mol. The molecule has 0 heterocycles. The Morgan fingerprint density at radius 3 is 2.00 bits per heavy atom. The van der Waals surface area contributed by atoms with Crippen LogP contribution in [-0.2, 0) is 23.6 Å². The quantitative estimate of drug-likeness (QED) is 0.844. The van der Waals surface area contributed by atoms with Gasteiger partial charge in [0.25, 0.3) is 0 Å². The number of halogens is 6. The summed E-state index contributed by atoms with van der Waals surface area (Å²) in [6, 6.07) is -0.174. The van der Waals surface area contributed by atoms with Crippen molar-refractivity contribution in [2.75, 3.05) is 0 Å². The zero-order valence-electron chi connectivity index (χ0n) is 9.72. The number of benzene rings is 1. The number of rotatable bonds is 3. The predicted octanol–water partition coefficient (Wildman–Crippen LogP) is 2.68. The van der Waals surface area contributed by atoms with Crippen LogP contribution in [0, 0.1) is 0 Å². The Kier molecular flexibility index (Phi) is 4.33. The Bertz CT molecular complexity index is 509. The number of nitrogens with two attached hydrogens (primary N) is 1. The Morgan fingerprint density at radius 1 is 1.10 bits per heavy atom. The fraction of sp³-hybridized carbons (Fsp3) is 0.364. The number of hydrogen-bond donors (Lipinski definition) is 2. The summed E-state index contributed by atoms with van der Waals surface area (Å²) in [4.78, 5) is 10.5. The van der Waals surface area contributed by atoms with Crippen molar-refractivity contribution >= 4 is 5.97 Å². The first-order chi connectivity index (χ1) is 8.93. The van der Waals surface area contributed by atoms with Gasteiger partial charge in [0.1, 0.15) is 6.04 Å². The molecule has 0 saturated heterocycles. The molecule has 112 valence electrons. The molecule has 0 spiro atoms. The highest BCUT2D eigenvalue weighted by Gasteiger charge is 2.43. The zero-order valence-corrected chi connectivity index (χ0v) is 9.72. The fourth-order valence-corrected chi connectivity index (χ4v) is 1.54. The minimum atomic E-state index is -5.20. The van der Waals surface area contributed by atoms with Gasteiger partial charge in [0, 0.05) is 0 Å². The van der Waals surface area contributed by atoms with E-state index in [4.69, 9.17) is 10.8 Å². The summed E-state index contributed by atoms with van der Waals surface area (Å²) in [7, 11) is 0. The maximum atomic E-state index is 12.6. The van der Waals surface area contributed by atoms with Gasteiger partial charge in [-0.3, -0.25) is 4.79 Å². The molecule has 0 aliphatic heterocycles. The maximum Gasteiger partial charge on any atom is 0.417 e. The molecule has 3 nitrogen and oxygen atoms in total. The van der Waals surface area contributed by atoms with E-state index in [1.54, 1.807) is 0 Å². The minimum absolute atomic E-state index is 0.236. The number of aliphatic carboxylic acids is 1. The van der Waals surface area contributed by atoms with E-state index in [1.807, 2.05) is 0 Å². The van der Waals surface area contributed by atoms with Gasteiger partial charge < -0.3 is 10.8 Å². The van der Waals surface area contributed by atoms with Crippen LogP contribution in [0.25, 0.3) is 0 Å². The summed E-state index contributed by atoms with van der Waals surface area (Å²) < 4.78 is 75.3. The van der Waals surface area contributed by atoms with E-state index >= 15 is 0 Å². The van der Waals surface area contributed by atoms with E-state index in [9.17, 15) is 31.1 Å². The highest BCUT2D eigenvalue weighted by atomic mass is 19.4. The Hall–Kier alpha value is -1.77. The molecule has 0 aliphatic rings. The number of carboxylic acids is 1. The summed E-state index contributed by atoms with van der Waals surface area (Å²) >= 11 is 0. The topological polar surface area (TPSA) is 63.3 Å². The molecule has 1 aromatic carbocycles. The zero-order chi connectivity index (χ0) is 15.7. The molecule has 0 saturated carbocycles. The molecular weight excluding hydrogens is 292 g/mol. The third-order valence-corrected chi connectivity index (χ3v) is 2.47. The Morgan fingerprint density at radius 2 is 1.60 bits per heavy atom. The van der Waals surface area contributed by atoms with Crippen molar-refractivity contribution in [3.8, 4) is 0 Å². The van der Waals surface area contributed by atoms with E-state index in [1.165, 1.54) is 0 Å². The summed E-state index contributed by atoms with van der Waals surface area (Å²) in [5, 5.41) is 8.53. The van der Waals surface area contributed by atoms with Crippen LogP contribution >= 0.6 is 0 Å². The van der Waals surface area contributed by atoms with E-state index in [2.05, 4.69) is 0 Å². The highest BCUT2D eigenvalue weighted by Crippen LogP contribution is 2.40. The second kappa shape index (κ2) is 5.31. The van der Waals surface area contributed by atoms with Crippen molar-refractivity contribution < 1.29 is 36.2 Å². The number of carboxylic acid groups (broad SMARTS) is 1. The van der Waals surface area contributed by atoms with Crippen LogP contribution in [0.3, 0.4) is 0 Å². The molecule has 3 N–H and O–H groups in total. The van der Waals surface area contributed by atoms with Crippen LogP contribution in [0.15, 0.2) is 18.2 Å². The highest BCUT2D eigenvalue weighted by molar-refractivity contribution is 5.73. The molecule has 0 bridgehead atoms. The SMILES string of the molecule is NC(Cc1ccc(C(F)(F)F)c(C(F)(F)F)c1)C(=O)O. The second-order valence-electron chi connectivity index (χ2n) is 4.02. The fourth-order valence-electron chi connectivity index (χ4n) is 1.54. The van der Waals surface area contributed by atoms with Crippen molar-refractivity contribution in [3.05, 3.63) is 34.9 Å². The molecule has 0 aliphatic carbocycles. The molecule has 1 unspecified atom stereocenters. The van der Waals surface area contributed by atoms with Crippen molar-refractivity contribution in [1.29, 1.82) is 0 Å². The van der Waals surface area contributed by atoms with Crippen molar-refractivity contribution in [3.63, 3.8) is 0 Å². The lowest BCUT2D eigenvalue weighted by Gasteiger charge is -2.17. The van der Waals surface area contributed by atoms with Crippen LogP contribution in [0.5, 0.6) is 0 Å². The van der Waals surface area contributed by atoms with Gasteiger partial charge in [-0.1, -0.05) is 6.07 Å². The van der Waals surface area contributed by atoms with Gasteiger partial charge in [0.2, 0.25) is 0 Å². The van der Waals surface area contributed by atoms with Crippen molar-refractivity contribution in [2.24, 2.45) is 5.73 Å². The maximum absolute atomic E-state index is 12.6. The lowest BCUT2D eigenvalue weighted by atomic mass is 9.99. The molecule has 1 rings (SSSR count). The van der Waals surface area contributed by atoms with E-state index < -0.39 is 41.9 Å². The largest absolute Gasteiger partial charge is 0.480 e. The van der Waals surface area contributed by atoms with Crippen LogP contribution in [0.2, 0.25) is 0 Å². The minimum Gasteiger partial charge on any atom is -0.480 e. The molecular formula is C11H9F6NO2. The Labute approximate surface area is 109 Å². The third-order valence-electron chi connectivity index (χ3n) is 2.47. The molecule has 1 atom stereocenters. The average molecular weight is 301 g/mol. The second-order valence-corrected chi connectivity index (χ2v) is 4.02. The van der Waals surface area contributed by atoms with E-state index in [-0.39, 0.29) is 17.7 Å². The van der Waals surface area contributed by atoms with Gasteiger partial charge >= 0.3 is 18.3 Å². The summed E-state index contributed by atoms with van der Waals surface area (Å²) in [5.41, 5.74) is 1.21. The van der Waals surface area contributed by atoms with Crippen LogP contribution < -0.4 is 5.73 Å². The van der Waals surface area contributed by atoms with Crippen molar-refractivity contribution in [1.82, 2.24) is 0 Å². The van der Waals surface area contributed by atoms with E-state index in [0.717, 1.165) is 6.07 Å². The van der Waals surface area contributed by atoms with Gasteiger partial charge in [0.05, 0.1) is 11.1 Å². The third kappa shape index (κ3) is 3.86. The molecule has 0 aromatic heterocycles. The first kappa shape index (κ1) is 16.3. The van der Waals surface area contributed by atoms with Crippen LogP contribution in [0.1, 0.15) is 16.7 Å². The summed E-state index contributed by atoms with van der Waals surface area (Å²) in [6.45, 7) is 0. The van der Waals surface area contributed by atoms with Gasteiger partial charge in [-0.05, 0) is 24.1 Å². The molecule has 0 fully saturated rings. The van der Waals surface area contributed by atoms with Gasteiger partial charge in [-0.25, -0.2) is 0 Å². The van der Waals surface area contributed by atoms with Crippen molar-refractivity contribution in [2.45, 2.75) is 24.8 Å². The number of alkyl halides is 6. The van der Waals surface area contributed by atoms with Gasteiger partial charge in [-0.15, -0.1) is 0 Å². The van der Waals surface area contributed by atoms with Crippen LogP contribution in [0.4, 0.5) is 26.3 Å². The normalized spacial score (nSPS) is 14.2. The smallest absolute Gasteiger partial charge is 0.417 e. The summed E-state index contributed by atoms with van der Waals surface area (Å²) in [6.07, 6.45) is -10.9. The standard InChI is InChI=1S/C11H9F6NO2/c12-10(13,14)6-2-1-5(4-8(18)9(19)20)3-7(6)11(15,16)17/h1-3,8H,4,18H2,(H,19,20). The van der Waals surface area contributed by atoms with Gasteiger partial charge in [-0.2, -0.15) is 26.3 Å². The van der Waals surface area contributed by atoms with E-state index in [0.29, 0.717) is 0 Å². The molecule has 0 radical (unpaired) electrons. The monoisotopic (exact) mass is 301 g/mol. The Balaban J connectivity index is 3.26. The molecule has 1 aromatic rings. The molecule has 9 heteroatoms. The van der Waals surface area contributed by atoms with Crippen LogP contribution in [-0.4, -0.2) is 17.1 Å². The lowest BCUT2D eigenvalue weighted by molar-refractivity contribution is -0.162. The lowest BCUT2D eigenvalue weighted by Crippen LogP contribution is -2.32. The molecule has 0 amide bonds. The molecule has 20 heavy (non-hydrogen) atoms. The number of hydrogen-bond acceptors (Lipinski definition) is 2. The summed E-state index contributed by atoms with van der Waals surface area (Å²) in [5.74, 6) is -1.46. The first-order valence-corrected chi connectivity index (χ1v) is 5.18. The average Bonchev–Trinajstić information content (AvgIpc) is 2.26.